The van der Waals surface area contributed by atoms with Gasteiger partial charge in [0.2, 0.25) is 0 Å². The van der Waals surface area contributed by atoms with Crippen molar-refractivity contribution in [2.24, 2.45) is 0 Å². The second-order valence-corrected chi connectivity index (χ2v) is 4.91. The highest BCUT2D eigenvalue weighted by Gasteiger charge is 1.89. The summed E-state index contributed by atoms with van der Waals surface area (Å²) >= 11 is 0. The van der Waals surface area contributed by atoms with Crippen LogP contribution in [0.4, 0.5) is 0 Å². The van der Waals surface area contributed by atoms with Gasteiger partial charge in [0.15, 0.2) is 0 Å². The van der Waals surface area contributed by atoms with Gasteiger partial charge in [-0.25, -0.2) is 5.11 Å². The van der Waals surface area contributed by atoms with E-state index in [1.165, 1.54) is 32.1 Å². The van der Waals surface area contributed by atoms with Gasteiger partial charge in [0, 0.05) is 0 Å². The molecule has 0 rings (SSSR count). The monoisotopic (exact) mass is 263 g/mol. The molecule has 1 heteroatoms. The SMILES string of the molecule is CCC=CCC=CCC=CCCCCCCCC[O]. The molecule has 0 aromatic carbocycles. The van der Waals surface area contributed by atoms with Crippen LogP contribution in [0.3, 0.4) is 0 Å². The normalized spacial score (nSPS) is 12.3. The van der Waals surface area contributed by atoms with Crippen LogP contribution >= 0.6 is 0 Å². The summed E-state index contributed by atoms with van der Waals surface area (Å²) < 4.78 is 0. The van der Waals surface area contributed by atoms with Gasteiger partial charge in [-0.15, -0.1) is 0 Å². The van der Waals surface area contributed by atoms with E-state index in [4.69, 9.17) is 0 Å². The Morgan fingerprint density at radius 1 is 0.632 bits per heavy atom. The van der Waals surface area contributed by atoms with Crippen molar-refractivity contribution in [2.75, 3.05) is 6.61 Å². The van der Waals surface area contributed by atoms with E-state index in [1.807, 2.05) is 0 Å². The summed E-state index contributed by atoms with van der Waals surface area (Å²) in [4.78, 5) is 0. The molecule has 0 aliphatic heterocycles. The lowest BCUT2D eigenvalue weighted by Crippen LogP contribution is -1.82. The zero-order valence-electron chi connectivity index (χ0n) is 12.7. The fraction of sp³-hybridized carbons (Fsp3) is 0.667. The number of allylic oxidation sites excluding steroid dienone is 6. The van der Waals surface area contributed by atoms with E-state index in [0.29, 0.717) is 0 Å². The number of hydrogen-bond donors (Lipinski definition) is 0. The molecule has 0 unspecified atom stereocenters. The van der Waals surface area contributed by atoms with Gasteiger partial charge in [0.25, 0.3) is 0 Å². The Bertz CT molecular complexity index is 238. The maximum Gasteiger partial charge on any atom is 0.0822 e. The first-order valence-electron chi connectivity index (χ1n) is 7.95. The molecule has 0 aliphatic carbocycles. The highest BCUT2D eigenvalue weighted by Crippen LogP contribution is 2.07. The van der Waals surface area contributed by atoms with E-state index >= 15 is 0 Å². The lowest BCUT2D eigenvalue weighted by atomic mass is 10.1. The molecule has 0 saturated carbocycles. The van der Waals surface area contributed by atoms with Crippen LogP contribution in [0.15, 0.2) is 36.5 Å². The minimum atomic E-state index is 0.102. The Kier molecular flexibility index (Phi) is 16.4. The standard InChI is InChI=1S/C18H31O/c1-2-3-4-5-6-7-8-9-10-11-12-13-14-15-16-17-18-19/h3-4,6-7,9-10H,2,5,8,11-18H2,1H3. The van der Waals surface area contributed by atoms with E-state index in [0.717, 1.165) is 32.1 Å². The van der Waals surface area contributed by atoms with E-state index in [2.05, 4.69) is 43.4 Å². The van der Waals surface area contributed by atoms with Crippen LogP contribution < -0.4 is 0 Å². The summed E-state index contributed by atoms with van der Waals surface area (Å²) in [6, 6.07) is 0. The molecular weight excluding hydrogens is 232 g/mol. The molecular formula is C18H31O. The van der Waals surface area contributed by atoms with Gasteiger partial charge in [-0.1, -0.05) is 69.1 Å². The van der Waals surface area contributed by atoms with Gasteiger partial charge in [0.05, 0.1) is 6.61 Å². The van der Waals surface area contributed by atoms with Crippen molar-refractivity contribution in [3.8, 4) is 0 Å². The predicted molar refractivity (Wildman–Crippen MR) is 84.8 cm³/mol. The largest absolute Gasteiger partial charge is 0.237 e. The third-order valence-corrected chi connectivity index (χ3v) is 3.05. The quantitative estimate of drug-likeness (QED) is 0.286. The Hall–Kier alpha value is -0.820. The van der Waals surface area contributed by atoms with E-state index in [9.17, 15) is 5.11 Å². The van der Waals surface area contributed by atoms with Crippen molar-refractivity contribution in [1.82, 2.24) is 0 Å². The maximum atomic E-state index is 10.2. The Morgan fingerprint density at radius 3 is 1.79 bits per heavy atom. The fourth-order valence-electron chi connectivity index (χ4n) is 1.90. The van der Waals surface area contributed by atoms with Crippen LogP contribution in [-0.2, 0) is 5.11 Å². The minimum absolute atomic E-state index is 0.102. The highest BCUT2D eigenvalue weighted by molar-refractivity contribution is 4.96. The first-order valence-corrected chi connectivity index (χ1v) is 7.95. The molecule has 19 heavy (non-hydrogen) atoms. The second-order valence-electron chi connectivity index (χ2n) is 4.91. The van der Waals surface area contributed by atoms with E-state index in [1.54, 1.807) is 0 Å². The molecule has 0 bridgehead atoms. The topological polar surface area (TPSA) is 19.9 Å². The number of hydrogen-bond acceptors (Lipinski definition) is 0. The zero-order valence-corrected chi connectivity index (χ0v) is 12.7. The van der Waals surface area contributed by atoms with Crippen LogP contribution in [0.5, 0.6) is 0 Å². The first-order chi connectivity index (χ1) is 9.41. The Balaban J connectivity index is 3.19. The lowest BCUT2D eigenvalue weighted by molar-refractivity contribution is 0.186. The molecule has 0 fully saturated rings. The third-order valence-electron chi connectivity index (χ3n) is 3.05. The molecule has 0 atom stereocenters. The Morgan fingerprint density at radius 2 is 1.16 bits per heavy atom. The van der Waals surface area contributed by atoms with Crippen molar-refractivity contribution in [3.05, 3.63) is 36.5 Å². The van der Waals surface area contributed by atoms with Crippen LogP contribution in [0.2, 0.25) is 0 Å². The molecule has 0 heterocycles. The highest BCUT2D eigenvalue weighted by atomic mass is 16.2. The van der Waals surface area contributed by atoms with Crippen LogP contribution in [0, 0.1) is 0 Å². The summed E-state index contributed by atoms with van der Waals surface area (Å²) in [7, 11) is 0. The van der Waals surface area contributed by atoms with E-state index in [-0.39, 0.29) is 6.61 Å². The summed E-state index contributed by atoms with van der Waals surface area (Å²) in [5, 5.41) is 10.2. The number of rotatable bonds is 13. The number of unbranched alkanes of at least 4 members (excludes halogenated alkanes) is 6. The molecule has 0 N–H and O–H groups in total. The summed E-state index contributed by atoms with van der Waals surface area (Å²) in [6.07, 6.45) is 25.0. The van der Waals surface area contributed by atoms with Crippen molar-refractivity contribution >= 4 is 0 Å². The van der Waals surface area contributed by atoms with Crippen molar-refractivity contribution in [3.63, 3.8) is 0 Å². The van der Waals surface area contributed by atoms with Crippen LogP contribution in [0.1, 0.15) is 71.1 Å². The van der Waals surface area contributed by atoms with Crippen molar-refractivity contribution < 1.29 is 5.11 Å². The minimum Gasteiger partial charge on any atom is -0.237 e. The average Bonchev–Trinajstić information content (AvgIpc) is 2.43. The molecule has 0 aromatic heterocycles. The molecule has 109 valence electrons. The van der Waals surface area contributed by atoms with Gasteiger partial charge in [0.1, 0.15) is 0 Å². The smallest absolute Gasteiger partial charge is 0.0822 e. The van der Waals surface area contributed by atoms with Crippen LogP contribution in [0.25, 0.3) is 0 Å². The third kappa shape index (κ3) is 17.2. The molecule has 0 saturated heterocycles. The van der Waals surface area contributed by atoms with Gasteiger partial charge in [-0.2, -0.15) is 0 Å². The van der Waals surface area contributed by atoms with Gasteiger partial charge in [-0.05, 0) is 38.5 Å². The fourth-order valence-corrected chi connectivity index (χ4v) is 1.90. The lowest BCUT2D eigenvalue weighted by Gasteiger charge is -1.98. The summed E-state index contributed by atoms with van der Waals surface area (Å²) in [6.45, 7) is 2.26. The van der Waals surface area contributed by atoms with Gasteiger partial charge < -0.3 is 0 Å². The molecule has 0 amide bonds. The summed E-state index contributed by atoms with van der Waals surface area (Å²) in [5.74, 6) is 0. The average molecular weight is 263 g/mol. The Labute approximate surface area is 120 Å². The van der Waals surface area contributed by atoms with Gasteiger partial charge in [-0.3, -0.25) is 0 Å². The molecule has 0 aliphatic rings. The van der Waals surface area contributed by atoms with Gasteiger partial charge >= 0.3 is 0 Å². The van der Waals surface area contributed by atoms with Crippen molar-refractivity contribution in [2.45, 2.75) is 71.1 Å². The second kappa shape index (κ2) is 17.2. The summed E-state index contributed by atoms with van der Waals surface area (Å²) in [5.41, 5.74) is 0. The van der Waals surface area contributed by atoms with Crippen LogP contribution in [-0.4, -0.2) is 6.61 Å². The zero-order chi connectivity index (χ0) is 14.0. The van der Waals surface area contributed by atoms with Crippen molar-refractivity contribution in [1.29, 1.82) is 0 Å². The van der Waals surface area contributed by atoms with E-state index < -0.39 is 0 Å². The molecule has 1 nitrogen and oxygen atoms in total. The molecule has 1 radical (unpaired) electrons. The molecule has 0 spiro atoms. The maximum absolute atomic E-state index is 10.2. The first kappa shape index (κ1) is 18.2. The predicted octanol–water partition coefficient (Wildman–Crippen LogP) is 6.01. The molecule has 0 aromatic rings.